The Morgan fingerprint density at radius 3 is 2.19 bits per heavy atom. The van der Waals surface area contributed by atoms with Crippen LogP contribution in [0.1, 0.15) is 0 Å². The van der Waals surface area contributed by atoms with Crippen LogP contribution in [0.25, 0.3) is 0 Å². The Morgan fingerprint density at radius 1 is 1.10 bits per heavy atom. The maximum atomic E-state index is 12.5. The quantitative estimate of drug-likeness (QED) is 0.800. The molecule has 0 fully saturated rings. The van der Waals surface area contributed by atoms with Gasteiger partial charge in [-0.05, 0) is 19.2 Å². The second kappa shape index (κ2) is 6.20. The van der Waals surface area contributed by atoms with Crippen LogP contribution >= 0.6 is 0 Å². The first-order valence-electron chi connectivity index (χ1n) is 5.57. The topological polar surface area (TPSA) is 92.3 Å². The number of alkyl halides is 3. The van der Waals surface area contributed by atoms with Crippen molar-refractivity contribution < 1.29 is 30.0 Å². The molecule has 0 heterocycles. The molecule has 0 aliphatic heterocycles. The molecule has 2 N–H and O–H groups in total. The lowest BCUT2D eigenvalue weighted by molar-refractivity contribution is -0.0435. The van der Waals surface area contributed by atoms with E-state index in [1.165, 1.54) is 13.1 Å². The molecule has 0 unspecified atom stereocenters. The number of sulfone groups is 1. The number of sulfonamides is 1. The van der Waals surface area contributed by atoms with Crippen LogP contribution in [0.2, 0.25) is 0 Å². The van der Waals surface area contributed by atoms with Gasteiger partial charge >= 0.3 is 5.51 Å². The van der Waals surface area contributed by atoms with Gasteiger partial charge in [-0.1, -0.05) is 12.1 Å². The van der Waals surface area contributed by atoms with E-state index in [0.29, 0.717) is 0 Å². The van der Waals surface area contributed by atoms with Crippen LogP contribution in [-0.4, -0.2) is 41.7 Å². The molecule has 1 rings (SSSR count). The summed E-state index contributed by atoms with van der Waals surface area (Å²) in [4.78, 5) is -0.945. The lowest BCUT2D eigenvalue weighted by atomic mass is 10.3. The van der Waals surface area contributed by atoms with Gasteiger partial charge in [-0.25, -0.2) is 21.6 Å². The van der Waals surface area contributed by atoms with E-state index < -0.39 is 36.0 Å². The predicted molar refractivity (Wildman–Crippen MR) is 71.0 cm³/mol. The highest BCUT2D eigenvalue weighted by Crippen LogP contribution is 2.34. The fourth-order valence-corrected chi connectivity index (χ4v) is 2.91. The summed E-state index contributed by atoms with van der Waals surface area (Å²) >= 11 is 0. The van der Waals surface area contributed by atoms with Crippen molar-refractivity contribution in [2.45, 2.75) is 10.4 Å². The first kappa shape index (κ1) is 17.7. The van der Waals surface area contributed by atoms with Gasteiger partial charge in [0.2, 0.25) is 10.0 Å². The number of anilines is 1. The van der Waals surface area contributed by atoms with E-state index in [0.717, 1.165) is 18.2 Å². The van der Waals surface area contributed by atoms with Crippen molar-refractivity contribution in [2.75, 3.05) is 24.7 Å². The first-order valence-corrected chi connectivity index (χ1v) is 8.70. The summed E-state index contributed by atoms with van der Waals surface area (Å²) in [6, 6.07) is 4.42. The molecule has 0 aliphatic rings. The van der Waals surface area contributed by atoms with Gasteiger partial charge in [0.1, 0.15) is 0 Å². The van der Waals surface area contributed by atoms with Gasteiger partial charge in [0.15, 0.2) is 0 Å². The Balaban J connectivity index is 3.02. The Labute approximate surface area is 120 Å². The molecule has 0 aromatic heterocycles. The summed E-state index contributed by atoms with van der Waals surface area (Å²) in [7, 11) is -7.86. The highest BCUT2D eigenvalue weighted by Gasteiger charge is 2.47. The highest BCUT2D eigenvalue weighted by molar-refractivity contribution is 7.92. The summed E-state index contributed by atoms with van der Waals surface area (Å²) in [6.45, 7) is -0.242. The molecule has 0 aliphatic carbocycles. The Morgan fingerprint density at radius 2 is 1.67 bits per heavy atom. The molecule has 0 bridgehead atoms. The fraction of sp³-hybridized carbons (Fsp3) is 0.400. The Kier molecular flexibility index (Phi) is 5.23. The molecule has 11 heteroatoms. The molecule has 0 amide bonds. The molecule has 0 saturated heterocycles. The van der Waals surface area contributed by atoms with Crippen LogP contribution in [0.3, 0.4) is 0 Å². The van der Waals surface area contributed by atoms with Crippen LogP contribution in [0, 0.1) is 0 Å². The molecule has 1 aromatic rings. The van der Waals surface area contributed by atoms with Gasteiger partial charge in [-0.2, -0.15) is 13.2 Å². The van der Waals surface area contributed by atoms with Gasteiger partial charge < -0.3 is 5.32 Å². The third kappa shape index (κ3) is 4.32. The van der Waals surface area contributed by atoms with E-state index in [1.807, 2.05) is 4.72 Å². The highest BCUT2D eigenvalue weighted by atomic mass is 32.2. The van der Waals surface area contributed by atoms with Crippen LogP contribution in [0.5, 0.6) is 0 Å². The molecule has 0 atom stereocenters. The number of halogens is 3. The monoisotopic (exact) mass is 346 g/mol. The Bertz CT molecular complexity index is 699. The number of para-hydroxylation sites is 1. The SMILES string of the molecule is CNS(=O)(=O)CCNc1ccccc1S(=O)(=O)C(F)(F)F. The average Bonchev–Trinajstić information content (AvgIpc) is 2.37. The van der Waals surface area contributed by atoms with Crippen molar-refractivity contribution in [1.29, 1.82) is 0 Å². The van der Waals surface area contributed by atoms with Crippen LogP contribution < -0.4 is 10.0 Å². The molecule has 0 radical (unpaired) electrons. The largest absolute Gasteiger partial charge is 0.501 e. The zero-order valence-electron chi connectivity index (χ0n) is 10.8. The van der Waals surface area contributed by atoms with Crippen molar-refractivity contribution in [1.82, 2.24) is 4.72 Å². The van der Waals surface area contributed by atoms with E-state index in [9.17, 15) is 30.0 Å². The Hall–Kier alpha value is -1.33. The number of rotatable bonds is 6. The second-order valence-electron chi connectivity index (χ2n) is 3.90. The minimum atomic E-state index is -5.51. The number of hydrogen-bond acceptors (Lipinski definition) is 5. The minimum Gasteiger partial charge on any atom is -0.383 e. The van der Waals surface area contributed by atoms with E-state index in [1.54, 1.807) is 0 Å². The van der Waals surface area contributed by atoms with Crippen molar-refractivity contribution in [3.63, 3.8) is 0 Å². The lowest BCUT2D eigenvalue weighted by Crippen LogP contribution is -2.27. The summed E-state index contributed by atoms with van der Waals surface area (Å²) in [6.07, 6.45) is 0. The van der Waals surface area contributed by atoms with Crippen molar-refractivity contribution >= 4 is 25.5 Å². The van der Waals surface area contributed by atoms with Gasteiger partial charge in [-0.3, -0.25) is 0 Å². The van der Waals surface area contributed by atoms with Crippen LogP contribution in [0.15, 0.2) is 29.2 Å². The maximum Gasteiger partial charge on any atom is 0.501 e. The zero-order chi connectivity index (χ0) is 16.3. The normalized spacial score (nSPS) is 13.1. The number of nitrogens with one attached hydrogen (secondary N) is 2. The molecule has 1 aromatic carbocycles. The van der Waals surface area contributed by atoms with Gasteiger partial charge in [0, 0.05) is 6.54 Å². The summed E-state index contributed by atoms with van der Waals surface area (Å²) in [5, 5.41) is 2.38. The van der Waals surface area contributed by atoms with Gasteiger partial charge in [0.05, 0.1) is 16.3 Å². The van der Waals surface area contributed by atoms with Crippen molar-refractivity contribution in [2.24, 2.45) is 0 Å². The van der Waals surface area contributed by atoms with Crippen LogP contribution in [-0.2, 0) is 19.9 Å². The lowest BCUT2D eigenvalue weighted by Gasteiger charge is -2.14. The molecular formula is C10H13F3N2O4S2. The minimum absolute atomic E-state index is 0.242. The van der Waals surface area contributed by atoms with E-state index in [-0.39, 0.29) is 12.2 Å². The molecule has 0 spiro atoms. The molecular weight excluding hydrogens is 333 g/mol. The summed E-state index contributed by atoms with van der Waals surface area (Å²) < 4.78 is 84.8. The van der Waals surface area contributed by atoms with Crippen LogP contribution in [0.4, 0.5) is 18.9 Å². The van der Waals surface area contributed by atoms with Crippen molar-refractivity contribution in [3.05, 3.63) is 24.3 Å². The fourth-order valence-electron chi connectivity index (χ4n) is 1.39. The van der Waals surface area contributed by atoms with E-state index in [4.69, 9.17) is 0 Å². The van der Waals surface area contributed by atoms with E-state index in [2.05, 4.69) is 5.32 Å². The first-order chi connectivity index (χ1) is 9.51. The second-order valence-corrected chi connectivity index (χ2v) is 7.85. The number of hydrogen-bond donors (Lipinski definition) is 2. The third-order valence-corrected chi connectivity index (χ3v) is 5.39. The molecule has 21 heavy (non-hydrogen) atoms. The molecule has 6 nitrogen and oxygen atoms in total. The molecule has 120 valence electrons. The van der Waals surface area contributed by atoms with Gasteiger partial charge in [-0.15, -0.1) is 0 Å². The third-order valence-electron chi connectivity index (χ3n) is 2.48. The zero-order valence-corrected chi connectivity index (χ0v) is 12.4. The standard InChI is InChI=1S/C10H13F3N2O4S2/c1-14-20(16,17)7-6-15-8-4-2-3-5-9(8)21(18,19)10(11,12)13/h2-5,14-15H,6-7H2,1H3. The summed E-state index contributed by atoms with van der Waals surface area (Å²) in [5.74, 6) is -0.413. The van der Waals surface area contributed by atoms with Gasteiger partial charge in [0.25, 0.3) is 9.84 Å². The maximum absolute atomic E-state index is 12.5. The summed E-state index contributed by atoms with van der Waals surface area (Å²) in [5.41, 5.74) is -5.73. The average molecular weight is 346 g/mol. The smallest absolute Gasteiger partial charge is 0.383 e. The predicted octanol–water partition coefficient (Wildman–Crippen LogP) is 0.941. The van der Waals surface area contributed by atoms with E-state index >= 15 is 0 Å². The number of benzene rings is 1. The van der Waals surface area contributed by atoms with Crippen molar-refractivity contribution in [3.8, 4) is 0 Å². The molecule has 0 saturated carbocycles.